The zero-order valence-corrected chi connectivity index (χ0v) is 11.6. The summed E-state index contributed by atoms with van der Waals surface area (Å²) in [6, 6.07) is 3.07. The SMILES string of the molecule is COc1cc(C=O)cc(Cl)c1OCCCNC(C)=O. The standard InChI is InChI=1S/C13H16ClNO4/c1-9(17)15-4-3-5-19-13-11(14)6-10(8-16)7-12(13)18-2/h6-8H,3-5H2,1-2H3,(H,15,17). The fourth-order valence-corrected chi connectivity index (χ4v) is 1.73. The summed E-state index contributed by atoms with van der Waals surface area (Å²) in [6.45, 7) is 2.37. The number of ether oxygens (including phenoxy) is 2. The largest absolute Gasteiger partial charge is 0.493 e. The molecule has 1 aromatic rings. The van der Waals surface area contributed by atoms with Crippen molar-refractivity contribution in [2.75, 3.05) is 20.3 Å². The molecule has 1 N–H and O–H groups in total. The summed E-state index contributed by atoms with van der Waals surface area (Å²) in [6.07, 6.45) is 1.34. The van der Waals surface area contributed by atoms with Crippen molar-refractivity contribution >= 4 is 23.8 Å². The second-order valence-corrected chi connectivity index (χ2v) is 4.24. The molecule has 0 saturated heterocycles. The number of hydrogen-bond acceptors (Lipinski definition) is 4. The molecule has 0 radical (unpaired) electrons. The Bertz CT molecular complexity index is 462. The summed E-state index contributed by atoms with van der Waals surface area (Å²) >= 11 is 6.02. The molecule has 6 heteroatoms. The number of hydrogen-bond donors (Lipinski definition) is 1. The lowest BCUT2D eigenvalue weighted by Crippen LogP contribution is -2.22. The number of halogens is 1. The van der Waals surface area contributed by atoms with Crippen LogP contribution in [0.1, 0.15) is 23.7 Å². The van der Waals surface area contributed by atoms with E-state index in [-0.39, 0.29) is 5.91 Å². The van der Waals surface area contributed by atoms with Crippen molar-refractivity contribution in [2.45, 2.75) is 13.3 Å². The topological polar surface area (TPSA) is 64.6 Å². The van der Waals surface area contributed by atoms with Crippen LogP contribution in [0.3, 0.4) is 0 Å². The highest BCUT2D eigenvalue weighted by Gasteiger charge is 2.11. The van der Waals surface area contributed by atoms with Gasteiger partial charge in [-0.05, 0) is 18.6 Å². The molecule has 1 amide bonds. The molecule has 0 aliphatic heterocycles. The Labute approximate surface area is 116 Å². The third-order valence-electron chi connectivity index (χ3n) is 2.33. The second kappa shape index (κ2) is 7.63. The summed E-state index contributed by atoms with van der Waals surface area (Å²) in [5.41, 5.74) is 0.424. The van der Waals surface area contributed by atoms with E-state index in [0.717, 1.165) is 0 Å². The third kappa shape index (κ3) is 4.79. The Morgan fingerprint density at radius 1 is 1.47 bits per heavy atom. The molecule has 104 valence electrons. The number of carbonyl (C=O) groups is 2. The van der Waals surface area contributed by atoms with E-state index in [1.165, 1.54) is 20.1 Å². The molecule has 0 atom stereocenters. The van der Waals surface area contributed by atoms with E-state index in [2.05, 4.69) is 5.32 Å². The summed E-state index contributed by atoms with van der Waals surface area (Å²) in [7, 11) is 1.48. The Morgan fingerprint density at radius 2 is 2.21 bits per heavy atom. The van der Waals surface area contributed by atoms with E-state index in [9.17, 15) is 9.59 Å². The number of benzene rings is 1. The highest BCUT2D eigenvalue weighted by atomic mass is 35.5. The van der Waals surface area contributed by atoms with Gasteiger partial charge in [0.05, 0.1) is 18.7 Å². The molecule has 0 bridgehead atoms. The van der Waals surface area contributed by atoms with Gasteiger partial charge in [-0.25, -0.2) is 0 Å². The molecular weight excluding hydrogens is 270 g/mol. The molecule has 0 aliphatic carbocycles. The minimum Gasteiger partial charge on any atom is -0.493 e. The first-order chi connectivity index (χ1) is 9.08. The average molecular weight is 286 g/mol. The zero-order valence-electron chi connectivity index (χ0n) is 10.9. The van der Waals surface area contributed by atoms with Crippen LogP contribution in [0.4, 0.5) is 0 Å². The van der Waals surface area contributed by atoms with E-state index in [1.54, 1.807) is 6.07 Å². The number of rotatable bonds is 7. The molecule has 0 spiro atoms. The van der Waals surface area contributed by atoms with Gasteiger partial charge in [-0.2, -0.15) is 0 Å². The van der Waals surface area contributed by atoms with E-state index < -0.39 is 0 Å². The molecular formula is C13H16ClNO4. The number of methoxy groups -OCH3 is 1. The van der Waals surface area contributed by atoms with E-state index in [4.69, 9.17) is 21.1 Å². The highest BCUT2D eigenvalue weighted by molar-refractivity contribution is 6.32. The Balaban J connectivity index is 2.62. The fraction of sp³-hybridized carbons (Fsp3) is 0.385. The predicted octanol–water partition coefficient (Wildman–Crippen LogP) is 2.07. The van der Waals surface area contributed by atoms with Gasteiger partial charge in [-0.15, -0.1) is 0 Å². The maximum Gasteiger partial charge on any atom is 0.216 e. The van der Waals surface area contributed by atoms with Crippen LogP contribution in [0.5, 0.6) is 11.5 Å². The first-order valence-corrected chi connectivity index (χ1v) is 6.16. The maximum absolute atomic E-state index is 10.7. The van der Waals surface area contributed by atoms with Crippen LogP contribution in [-0.2, 0) is 4.79 Å². The van der Waals surface area contributed by atoms with Gasteiger partial charge in [-0.1, -0.05) is 11.6 Å². The smallest absolute Gasteiger partial charge is 0.216 e. The van der Waals surface area contributed by atoms with Gasteiger partial charge in [0.25, 0.3) is 0 Å². The lowest BCUT2D eigenvalue weighted by molar-refractivity contribution is -0.118. The predicted molar refractivity (Wildman–Crippen MR) is 72.2 cm³/mol. The van der Waals surface area contributed by atoms with Gasteiger partial charge in [-0.3, -0.25) is 9.59 Å². The molecule has 0 saturated carbocycles. The quantitative estimate of drug-likeness (QED) is 0.615. The second-order valence-electron chi connectivity index (χ2n) is 3.84. The van der Waals surface area contributed by atoms with Gasteiger partial charge in [0.1, 0.15) is 6.29 Å². The first-order valence-electron chi connectivity index (χ1n) is 5.78. The summed E-state index contributed by atoms with van der Waals surface area (Å²) in [5, 5.41) is 2.98. The maximum atomic E-state index is 10.7. The van der Waals surface area contributed by atoms with Gasteiger partial charge in [0.2, 0.25) is 5.91 Å². The van der Waals surface area contributed by atoms with Crippen molar-refractivity contribution in [2.24, 2.45) is 0 Å². The van der Waals surface area contributed by atoms with Crippen LogP contribution in [0.15, 0.2) is 12.1 Å². The van der Waals surface area contributed by atoms with E-state index in [0.29, 0.717) is 47.9 Å². The van der Waals surface area contributed by atoms with Crippen LogP contribution in [-0.4, -0.2) is 32.5 Å². The zero-order chi connectivity index (χ0) is 14.3. The number of aldehydes is 1. The molecule has 1 rings (SSSR count). The summed E-state index contributed by atoms with van der Waals surface area (Å²) in [5.74, 6) is 0.734. The normalized spacial score (nSPS) is 9.84. The molecule has 0 aliphatic rings. The molecule has 0 aromatic heterocycles. The lowest BCUT2D eigenvalue weighted by Gasteiger charge is -2.13. The molecule has 1 aromatic carbocycles. The summed E-state index contributed by atoms with van der Waals surface area (Å²) < 4.78 is 10.6. The summed E-state index contributed by atoms with van der Waals surface area (Å²) in [4.78, 5) is 21.4. The van der Waals surface area contributed by atoms with Crippen LogP contribution in [0.2, 0.25) is 5.02 Å². The minimum absolute atomic E-state index is 0.0778. The third-order valence-corrected chi connectivity index (χ3v) is 2.61. The van der Waals surface area contributed by atoms with Crippen molar-refractivity contribution < 1.29 is 19.1 Å². The highest BCUT2D eigenvalue weighted by Crippen LogP contribution is 2.36. The van der Waals surface area contributed by atoms with E-state index >= 15 is 0 Å². The van der Waals surface area contributed by atoms with Crippen molar-refractivity contribution in [3.8, 4) is 11.5 Å². The first kappa shape index (κ1) is 15.3. The number of carbonyl (C=O) groups excluding carboxylic acids is 2. The van der Waals surface area contributed by atoms with Crippen molar-refractivity contribution in [1.29, 1.82) is 0 Å². The van der Waals surface area contributed by atoms with Gasteiger partial charge < -0.3 is 14.8 Å². The van der Waals surface area contributed by atoms with Crippen LogP contribution in [0, 0.1) is 0 Å². The molecule has 5 nitrogen and oxygen atoms in total. The number of amides is 1. The monoisotopic (exact) mass is 285 g/mol. The molecule has 19 heavy (non-hydrogen) atoms. The molecule has 0 unspecified atom stereocenters. The van der Waals surface area contributed by atoms with Gasteiger partial charge in [0, 0.05) is 19.0 Å². The van der Waals surface area contributed by atoms with Crippen LogP contribution in [0.25, 0.3) is 0 Å². The van der Waals surface area contributed by atoms with Gasteiger partial charge >= 0.3 is 0 Å². The van der Waals surface area contributed by atoms with Crippen molar-refractivity contribution in [3.05, 3.63) is 22.7 Å². The van der Waals surface area contributed by atoms with E-state index in [1.807, 2.05) is 0 Å². The molecule has 0 fully saturated rings. The molecule has 0 heterocycles. The van der Waals surface area contributed by atoms with Crippen molar-refractivity contribution in [1.82, 2.24) is 5.32 Å². The minimum atomic E-state index is -0.0778. The Kier molecular flexibility index (Phi) is 6.15. The van der Waals surface area contributed by atoms with Crippen LogP contribution >= 0.6 is 11.6 Å². The Hall–Kier alpha value is -1.75. The average Bonchev–Trinajstić information content (AvgIpc) is 2.38. The number of nitrogens with one attached hydrogen (secondary N) is 1. The Morgan fingerprint density at radius 3 is 2.79 bits per heavy atom. The fourth-order valence-electron chi connectivity index (χ4n) is 1.46. The van der Waals surface area contributed by atoms with Crippen LogP contribution < -0.4 is 14.8 Å². The van der Waals surface area contributed by atoms with Gasteiger partial charge in [0.15, 0.2) is 11.5 Å². The lowest BCUT2D eigenvalue weighted by atomic mass is 10.2. The van der Waals surface area contributed by atoms with Crippen molar-refractivity contribution in [3.63, 3.8) is 0 Å².